The van der Waals surface area contributed by atoms with E-state index in [0.717, 1.165) is 21.0 Å². The molecule has 40 heavy (non-hydrogen) atoms. The highest BCUT2D eigenvalue weighted by Gasteiger charge is 2.34. The minimum absolute atomic E-state index is 0.0383. The van der Waals surface area contributed by atoms with Gasteiger partial charge in [0.25, 0.3) is 10.0 Å². The lowest BCUT2D eigenvalue weighted by Crippen LogP contribution is -2.52. The predicted molar refractivity (Wildman–Crippen MR) is 161 cm³/mol. The van der Waals surface area contributed by atoms with E-state index in [0.29, 0.717) is 34.3 Å². The first-order chi connectivity index (χ1) is 18.9. The molecule has 214 valence electrons. The normalized spacial score (nSPS) is 12.1. The number of carbonyl (C=O) groups excluding carboxylic acids is 2. The first-order valence-electron chi connectivity index (χ1n) is 13.1. The monoisotopic (exact) mass is 603 g/mol. The molecule has 1 N–H and O–H groups in total. The van der Waals surface area contributed by atoms with Crippen LogP contribution < -0.4 is 9.62 Å². The molecule has 0 bridgehead atoms. The van der Waals surface area contributed by atoms with E-state index < -0.39 is 28.5 Å². The second-order valence-electron chi connectivity index (χ2n) is 9.63. The van der Waals surface area contributed by atoms with Crippen molar-refractivity contribution in [1.29, 1.82) is 0 Å². The van der Waals surface area contributed by atoms with Crippen LogP contribution in [0.2, 0.25) is 10.0 Å². The third-order valence-electron chi connectivity index (χ3n) is 6.81. The van der Waals surface area contributed by atoms with E-state index in [4.69, 9.17) is 23.2 Å². The predicted octanol–water partition coefficient (Wildman–Crippen LogP) is 6.06. The summed E-state index contributed by atoms with van der Waals surface area (Å²) in [6.07, 6.45) is 0.326. The lowest BCUT2D eigenvalue weighted by Gasteiger charge is -2.33. The number of sulfonamides is 1. The first kappa shape index (κ1) is 31.5. The van der Waals surface area contributed by atoms with Gasteiger partial charge in [0.1, 0.15) is 12.6 Å². The van der Waals surface area contributed by atoms with Crippen molar-refractivity contribution in [2.24, 2.45) is 0 Å². The highest BCUT2D eigenvalue weighted by atomic mass is 35.5. The highest BCUT2D eigenvalue weighted by molar-refractivity contribution is 7.92. The Kier molecular flexibility index (Phi) is 10.6. The Balaban J connectivity index is 2.11. The number of benzene rings is 3. The Labute approximate surface area is 247 Å². The molecule has 0 heterocycles. The van der Waals surface area contributed by atoms with Crippen molar-refractivity contribution < 1.29 is 18.0 Å². The molecular formula is C30H35Cl2N3O4S. The van der Waals surface area contributed by atoms with Crippen LogP contribution in [0.5, 0.6) is 0 Å². The van der Waals surface area contributed by atoms with Gasteiger partial charge in [0.05, 0.1) is 20.6 Å². The number of anilines is 1. The third kappa shape index (κ3) is 7.16. The maximum absolute atomic E-state index is 14.1. The Morgan fingerprint density at radius 1 is 0.925 bits per heavy atom. The van der Waals surface area contributed by atoms with E-state index in [-0.39, 0.29) is 17.3 Å². The van der Waals surface area contributed by atoms with Crippen LogP contribution in [0, 0.1) is 20.8 Å². The van der Waals surface area contributed by atoms with Crippen molar-refractivity contribution in [1.82, 2.24) is 10.2 Å². The van der Waals surface area contributed by atoms with Crippen LogP contribution in [0.1, 0.15) is 42.5 Å². The van der Waals surface area contributed by atoms with Crippen molar-refractivity contribution in [3.8, 4) is 0 Å². The molecule has 0 aromatic heterocycles. The summed E-state index contributed by atoms with van der Waals surface area (Å²) in [5.74, 6) is -0.848. The molecule has 0 aliphatic carbocycles. The number of carbonyl (C=O) groups is 2. The molecule has 0 unspecified atom stereocenters. The van der Waals surface area contributed by atoms with Crippen LogP contribution in [0.3, 0.4) is 0 Å². The molecule has 3 aromatic rings. The minimum atomic E-state index is -4.14. The number of nitrogens with one attached hydrogen (secondary N) is 1. The number of hydrogen-bond donors (Lipinski definition) is 1. The van der Waals surface area contributed by atoms with Gasteiger partial charge in [-0.1, -0.05) is 66.0 Å². The van der Waals surface area contributed by atoms with E-state index in [9.17, 15) is 18.0 Å². The maximum atomic E-state index is 14.1. The summed E-state index contributed by atoms with van der Waals surface area (Å²) in [7, 11) is -4.14. The van der Waals surface area contributed by atoms with Crippen LogP contribution >= 0.6 is 23.2 Å². The van der Waals surface area contributed by atoms with Crippen molar-refractivity contribution in [3.63, 3.8) is 0 Å². The van der Waals surface area contributed by atoms with Gasteiger partial charge in [0, 0.05) is 13.1 Å². The Morgan fingerprint density at radius 2 is 1.60 bits per heavy atom. The SMILES string of the molecule is CCNC(=O)[C@@H](CC)N(Cc1ccc(Cl)c(Cl)c1)C(=O)CN(c1cccc(C)c1C)S(=O)(=O)c1ccc(C)cc1. The molecule has 3 aromatic carbocycles. The number of nitrogens with zero attached hydrogens (tertiary/aromatic N) is 2. The van der Waals surface area contributed by atoms with E-state index in [1.54, 1.807) is 56.3 Å². The number of halogens is 2. The summed E-state index contributed by atoms with van der Waals surface area (Å²) in [5, 5.41) is 3.47. The van der Waals surface area contributed by atoms with Crippen molar-refractivity contribution >= 4 is 50.7 Å². The second kappa shape index (κ2) is 13.5. The summed E-state index contributed by atoms with van der Waals surface area (Å²) in [5.41, 5.74) is 3.58. The van der Waals surface area contributed by atoms with Gasteiger partial charge in [-0.05, 0) is 81.1 Å². The number of hydrogen-bond acceptors (Lipinski definition) is 4. The van der Waals surface area contributed by atoms with Gasteiger partial charge in [0.15, 0.2) is 0 Å². The van der Waals surface area contributed by atoms with Crippen LogP contribution in [-0.4, -0.2) is 44.3 Å². The molecular weight excluding hydrogens is 569 g/mol. The number of amides is 2. The molecule has 0 aliphatic heterocycles. The fourth-order valence-corrected chi connectivity index (χ4v) is 6.20. The van der Waals surface area contributed by atoms with Gasteiger partial charge in [-0.2, -0.15) is 0 Å². The molecule has 0 radical (unpaired) electrons. The largest absolute Gasteiger partial charge is 0.355 e. The quantitative estimate of drug-likeness (QED) is 0.289. The molecule has 3 rings (SSSR count). The maximum Gasteiger partial charge on any atom is 0.264 e. The molecule has 0 spiro atoms. The fourth-order valence-electron chi connectivity index (χ4n) is 4.40. The van der Waals surface area contributed by atoms with E-state index in [1.807, 2.05) is 26.8 Å². The zero-order valence-electron chi connectivity index (χ0n) is 23.4. The Hall–Kier alpha value is -3.07. The van der Waals surface area contributed by atoms with Crippen LogP contribution in [0.4, 0.5) is 5.69 Å². The van der Waals surface area contributed by atoms with Gasteiger partial charge in [-0.15, -0.1) is 0 Å². The van der Waals surface area contributed by atoms with Gasteiger partial charge in [-0.3, -0.25) is 13.9 Å². The zero-order chi connectivity index (χ0) is 29.6. The minimum Gasteiger partial charge on any atom is -0.355 e. The molecule has 1 atom stereocenters. The molecule has 10 heteroatoms. The first-order valence-corrected chi connectivity index (χ1v) is 15.3. The van der Waals surface area contributed by atoms with E-state index in [2.05, 4.69) is 5.32 Å². The lowest BCUT2D eigenvalue weighted by molar-refractivity contribution is -0.140. The fraction of sp³-hybridized carbons (Fsp3) is 0.333. The number of rotatable bonds is 11. The average molecular weight is 605 g/mol. The van der Waals surface area contributed by atoms with E-state index >= 15 is 0 Å². The number of likely N-dealkylation sites (N-methyl/N-ethyl adjacent to an activating group) is 1. The molecule has 7 nitrogen and oxygen atoms in total. The smallest absolute Gasteiger partial charge is 0.264 e. The lowest BCUT2D eigenvalue weighted by atomic mass is 10.1. The third-order valence-corrected chi connectivity index (χ3v) is 9.32. The number of aryl methyl sites for hydroxylation is 2. The Morgan fingerprint density at radius 3 is 2.20 bits per heavy atom. The van der Waals surface area contributed by atoms with Crippen molar-refractivity contribution in [2.75, 3.05) is 17.4 Å². The van der Waals surface area contributed by atoms with Gasteiger partial charge in [-0.25, -0.2) is 8.42 Å². The summed E-state index contributed by atoms with van der Waals surface area (Å²) in [6.45, 7) is 9.11. The molecule has 2 amide bonds. The summed E-state index contributed by atoms with van der Waals surface area (Å²) in [6, 6.07) is 16.0. The summed E-state index contributed by atoms with van der Waals surface area (Å²) in [4.78, 5) is 28.6. The Bertz CT molecular complexity index is 1480. The molecule has 0 aliphatic rings. The topological polar surface area (TPSA) is 86.8 Å². The van der Waals surface area contributed by atoms with Gasteiger partial charge in [0.2, 0.25) is 11.8 Å². The second-order valence-corrected chi connectivity index (χ2v) is 12.3. The van der Waals surface area contributed by atoms with Gasteiger partial charge >= 0.3 is 0 Å². The van der Waals surface area contributed by atoms with Crippen LogP contribution in [0.25, 0.3) is 0 Å². The molecule has 0 saturated carbocycles. The van der Waals surface area contributed by atoms with Gasteiger partial charge < -0.3 is 10.2 Å². The molecule has 0 saturated heterocycles. The van der Waals surface area contributed by atoms with Crippen LogP contribution in [-0.2, 0) is 26.2 Å². The van der Waals surface area contributed by atoms with E-state index in [1.165, 1.54) is 17.0 Å². The average Bonchev–Trinajstić information content (AvgIpc) is 2.91. The van der Waals surface area contributed by atoms with Crippen LogP contribution in [0.15, 0.2) is 65.6 Å². The zero-order valence-corrected chi connectivity index (χ0v) is 25.7. The summed E-state index contributed by atoms with van der Waals surface area (Å²) >= 11 is 12.3. The summed E-state index contributed by atoms with van der Waals surface area (Å²) < 4.78 is 29.2. The van der Waals surface area contributed by atoms with Crippen molar-refractivity contribution in [2.45, 2.75) is 58.5 Å². The standard InChI is InChI=1S/C30H35Cl2N3O4S/c1-6-27(30(37)33-7-2)34(18-23-13-16-25(31)26(32)17-23)29(36)19-35(28-10-8-9-21(4)22(28)5)40(38,39)24-14-11-20(3)12-15-24/h8-17,27H,6-7,18-19H2,1-5H3,(H,33,37)/t27-/m1/s1. The highest BCUT2D eigenvalue weighted by Crippen LogP contribution is 2.30. The van der Waals surface area contributed by atoms with Crippen molar-refractivity contribution in [3.05, 3.63) is 93.0 Å². The molecule has 0 fully saturated rings.